The molecule has 0 aliphatic rings. The summed E-state index contributed by atoms with van der Waals surface area (Å²) in [7, 11) is 0. The van der Waals surface area contributed by atoms with Gasteiger partial charge in [0.25, 0.3) is 0 Å². The Morgan fingerprint density at radius 2 is 1.01 bits per heavy atom. The van der Waals surface area contributed by atoms with Crippen molar-refractivity contribution in [3.05, 3.63) is 218 Å². The molecule has 0 bridgehead atoms. The van der Waals surface area contributed by atoms with Gasteiger partial charge in [0, 0.05) is 66.6 Å². The predicted molar refractivity (Wildman–Crippen MR) is 271 cm³/mol. The number of phenols is 1. The van der Waals surface area contributed by atoms with Crippen LogP contribution in [0.3, 0.4) is 0 Å². The summed E-state index contributed by atoms with van der Waals surface area (Å²) in [6.07, 6.45) is 5.40. The molecule has 4 aromatic heterocycles. The number of aromatic hydroxyl groups is 1. The van der Waals surface area contributed by atoms with E-state index < -0.39 is 0 Å². The van der Waals surface area contributed by atoms with Crippen LogP contribution < -0.4 is 0 Å². The minimum Gasteiger partial charge on any atom is -0.515 e. The zero-order valence-corrected chi connectivity index (χ0v) is 40.1. The maximum Gasteiger partial charge on any atom is 0.131 e. The number of benzene rings is 7. The summed E-state index contributed by atoms with van der Waals surface area (Å²) in [5.74, 6) is 0.898. The molecule has 11 aromatic rings. The molecule has 67 heavy (non-hydrogen) atoms. The van der Waals surface area contributed by atoms with Gasteiger partial charge < -0.3 is 9.52 Å². The summed E-state index contributed by atoms with van der Waals surface area (Å²) in [5, 5.41) is 15.1. The number of phenolic OH excluding ortho intramolecular Hbond substituents is 1. The van der Waals surface area contributed by atoms with Gasteiger partial charge in [0.2, 0.25) is 0 Å². The first-order valence-corrected chi connectivity index (χ1v) is 22.4. The number of aromatic nitrogens is 3. The first kappa shape index (κ1) is 44.7. The first-order chi connectivity index (χ1) is 32.3. The topological polar surface area (TPSA) is 72.0 Å². The number of pyridine rings is 3. The normalized spacial score (nSPS) is 11.2. The SMILES string of the molecule is CC(C)c1cc(-c2ccccc2)cc(C(C)C)c1-c1cc(-c2ccccn2)[c-]c(-c2ccccc2O)c1.[Ir].[c-]1c(-c2ccccn2)cc2c(oc3c4ccccc4ccc23)c1-c1ccccn1. The summed E-state index contributed by atoms with van der Waals surface area (Å²) >= 11 is 0. The Hall–Kier alpha value is -7.50. The zero-order chi connectivity index (χ0) is 45.1. The van der Waals surface area contributed by atoms with Crippen LogP contribution in [0.1, 0.15) is 50.7 Å². The molecule has 7 aromatic carbocycles. The Morgan fingerprint density at radius 3 is 1.64 bits per heavy atom. The molecule has 0 spiro atoms. The third-order valence-corrected chi connectivity index (χ3v) is 12.1. The Balaban J connectivity index is 0.000000170. The van der Waals surface area contributed by atoms with Crippen LogP contribution in [0, 0.1) is 12.1 Å². The number of para-hydroxylation sites is 1. The molecule has 0 aliphatic heterocycles. The van der Waals surface area contributed by atoms with Gasteiger partial charge in [-0.1, -0.05) is 183 Å². The summed E-state index contributed by atoms with van der Waals surface area (Å²) in [6.45, 7) is 9.04. The van der Waals surface area contributed by atoms with Gasteiger partial charge in [-0.15, -0.1) is 35.9 Å². The smallest absolute Gasteiger partial charge is 0.131 e. The van der Waals surface area contributed by atoms with Crippen molar-refractivity contribution < 1.29 is 29.6 Å². The van der Waals surface area contributed by atoms with Gasteiger partial charge in [0.1, 0.15) is 5.58 Å². The van der Waals surface area contributed by atoms with Crippen LogP contribution in [0.5, 0.6) is 5.75 Å². The van der Waals surface area contributed by atoms with Crippen molar-refractivity contribution in [3.8, 4) is 72.9 Å². The molecule has 0 amide bonds. The molecule has 1 N–H and O–H groups in total. The fraction of sp³-hybridized carbons (Fsp3) is 0.0984. The Labute approximate surface area is 405 Å². The van der Waals surface area contributed by atoms with Crippen molar-refractivity contribution in [2.75, 3.05) is 0 Å². The molecular formula is C61H47IrN3O2-2. The molecule has 1 radical (unpaired) electrons. The van der Waals surface area contributed by atoms with Crippen molar-refractivity contribution >= 4 is 32.7 Å². The van der Waals surface area contributed by atoms with E-state index in [2.05, 4.69) is 140 Å². The fourth-order valence-corrected chi connectivity index (χ4v) is 8.85. The Bertz CT molecular complexity index is 3450. The van der Waals surface area contributed by atoms with Crippen molar-refractivity contribution in [2.24, 2.45) is 0 Å². The second kappa shape index (κ2) is 19.5. The van der Waals surface area contributed by atoms with Crippen LogP contribution in [0.4, 0.5) is 0 Å². The van der Waals surface area contributed by atoms with E-state index in [0.29, 0.717) is 11.8 Å². The Morgan fingerprint density at radius 1 is 0.448 bits per heavy atom. The molecule has 0 fully saturated rings. The number of fused-ring (bicyclic) bond motifs is 5. The van der Waals surface area contributed by atoms with Gasteiger partial charge in [0.05, 0.1) is 11.3 Å². The number of nitrogens with zero attached hydrogens (tertiary/aromatic N) is 3. The van der Waals surface area contributed by atoms with E-state index in [9.17, 15) is 5.11 Å². The maximum atomic E-state index is 10.7. The van der Waals surface area contributed by atoms with E-state index in [1.54, 1.807) is 18.5 Å². The second-order valence-electron chi connectivity index (χ2n) is 17.1. The molecule has 0 saturated heterocycles. The number of hydrogen-bond donors (Lipinski definition) is 1. The minimum absolute atomic E-state index is 0. The van der Waals surface area contributed by atoms with Crippen molar-refractivity contribution in [3.63, 3.8) is 0 Å². The van der Waals surface area contributed by atoms with Crippen LogP contribution in [0.15, 0.2) is 199 Å². The van der Waals surface area contributed by atoms with Gasteiger partial charge in [-0.2, -0.15) is 0 Å². The van der Waals surface area contributed by atoms with E-state index in [4.69, 9.17) is 4.42 Å². The summed E-state index contributed by atoms with van der Waals surface area (Å²) in [5.41, 5.74) is 16.0. The fourth-order valence-electron chi connectivity index (χ4n) is 8.85. The van der Waals surface area contributed by atoms with Crippen molar-refractivity contribution in [1.82, 2.24) is 15.0 Å². The molecule has 329 valence electrons. The predicted octanol–water partition coefficient (Wildman–Crippen LogP) is 16.2. The molecule has 5 nitrogen and oxygen atoms in total. The summed E-state index contributed by atoms with van der Waals surface area (Å²) < 4.78 is 6.45. The minimum atomic E-state index is 0. The van der Waals surface area contributed by atoms with E-state index in [1.807, 2.05) is 91.1 Å². The third-order valence-electron chi connectivity index (χ3n) is 12.1. The molecule has 0 unspecified atom stereocenters. The standard InChI is InChI=1S/C35H32NO.C26H15N2O.Ir/c1-23(2)31-21-26(25-12-6-5-7-13-25)22-32(24(3)4)35(31)29-19-27(30-14-8-9-16-34(30)37)18-28(20-29)33-15-10-11-17-36-33;1-2-8-19-17(7-1)11-12-20-21-15-18(23-9-3-5-13-27-23)16-22(26(21)29-25(19)20)24-10-4-6-14-28-24;/h5-17,19-24,37H,1-4H3;1-15H;/q2*-1;. The van der Waals surface area contributed by atoms with Crippen molar-refractivity contribution in [1.29, 1.82) is 0 Å². The van der Waals surface area contributed by atoms with E-state index in [0.717, 1.165) is 83.2 Å². The van der Waals surface area contributed by atoms with E-state index in [-0.39, 0.29) is 25.9 Å². The number of rotatable bonds is 8. The number of hydrogen-bond acceptors (Lipinski definition) is 5. The van der Waals surface area contributed by atoms with Gasteiger partial charge in [-0.25, -0.2) is 0 Å². The van der Waals surface area contributed by atoms with Crippen LogP contribution in [-0.2, 0) is 20.1 Å². The quantitative estimate of drug-likeness (QED) is 0.154. The molecule has 0 saturated carbocycles. The molecule has 0 aliphatic carbocycles. The van der Waals surface area contributed by atoms with Gasteiger partial charge in [-0.05, 0) is 80.3 Å². The zero-order valence-electron chi connectivity index (χ0n) is 37.7. The molecule has 0 atom stereocenters. The Kier molecular flexibility index (Phi) is 13.0. The first-order valence-electron chi connectivity index (χ1n) is 22.4. The van der Waals surface area contributed by atoms with Crippen LogP contribution in [0.25, 0.3) is 99.9 Å². The molecular weight excluding hydrogens is 999 g/mol. The van der Waals surface area contributed by atoms with Crippen molar-refractivity contribution in [2.45, 2.75) is 39.5 Å². The maximum absolute atomic E-state index is 10.7. The van der Waals surface area contributed by atoms with Gasteiger partial charge in [0.15, 0.2) is 0 Å². The molecule has 6 heteroatoms. The van der Waals surface area contributed by atoms with Gasteiger partial charge in [-0.3, -0.25) is 15.0 Å². The largest absolute Gasteiger partial charge is 0.515 e. The van der Waals surface area contributed by atoms with Crippen LogP contribution >= 0.6 is 0 Å². The second-order valence-corrected chi connectivity index (χ2v) is 17.1. The van der Waals surface area contributed by atoms with Crippen LogP contribution in [0.2, 0.25) is 0 Å². The average molecular weight is 1050 g/mol. The summed E-state index contributed by atoms with van der Waals surface area (Å²) in [6, 6.07) is 66.6. The van der Waals surface area contributed by atoms with Crippen LogP contribution in [-0.4, -0.2) is 20.1 Å². The number of furan rings is 1. The van der Waals surface area contributed by atoms with E-state index in [1.165, 1.54) is 27.8 Å². The average Bonchev–Trinajstić information content (AvgIpc) is 3.76. The third kappa shape index (κ3) is 9.07. The van der Waals surface area contributed by atoms with Gasteiger partial charge >= 0.3 is 0 Å². The molecule has 4 heterocycles. The summed E-state index contributed by atoms with van der Waals surface area (Å²) in [4.78, 5) is 13.7. The monoisotopic (exact) mass is 1050 g/mol. The van der Waals surface area contributed by atoms with E-state index >= 15 is 0 Å². The molecule has 11 rings (SSSR count).